The van der Waals surface area contributed by atoms with E-state index >= 15 is 0 Å². The van der Waals surface area contributed by atoms with E-state index in [1.165, 1.54) is 19.9 Å². The van der Waals surface area contributed by atoms with E-state index in [9.17, 15) is 19.2 Å². The minimum Gasteiger partial charge on any atom is -0.493 e. The number of rotatable bonds is 12. The van der Waals surface area contributed by atoms with E-state index in [0.717, 1.165) is 0 Å². The van der Waals surface area contributed by atoms with Crippen LogP contribution in [-0.4, -0.2) is 43.8 Å². The Bertz CT molecular complexity index is 949. The highest BCUT2D eigenvalue weighted by Crippen LogP contribution is 2.25. The molecule has 2 rings (SSSR count). The van der Waals surface area contributed by atoms with Gasteiger partial charge in [0, 0.05) is 16.7 Å². The number of carbonyl (C=O) groups is 4. The van der Waals surface area contributed by atoms with Gasteiger partial charge in [-0.25, -0.2) is 4.79 Å². The summed E-state index contributed by atoms with van der Waals surface area (Å²) in [7, 11) is 0. The SMILES string of the molecule is C=C(OCC(C)(COC=O)COC(=O)c1ccccc1C(C)=O)c1ccccc1C(C)=O. The van der Waals surface area contributed by atoms with Crippen LogP contribution in [0.15, 0.2) is 55.1 Å². The van der Waals surface area contributed by atoms with Crippen molar-refractivity contribution in [2.24, 2.45) is 5.41 Å². The number of ether oxygens (including phenoxy) is 3. The van der Waals surface area contributed by atoms with Gasteiger partial charge >= 0.3 is 5.97 Å². The lowest BCUT2D eigenvalue weighted by molar-refractivity contribution is -0.133. The van der Waals surface area contributed by atoms with Gasteiger partial charge in [0.1, 0.15) is 25.6 Å². The first-order valence-electron chi connectivity index (χ1n) is 9.93. The van der Waals surface area contributed by atoms with E-state index < -0.39 is 11.4 Å². The molecule has 7 nitrogen and oxygen atoms in total. The summed E-state index contributed by atoms with van der Waals surface area (Å²) in [6, 6.07) is 13.3. The van der Waals surface area contributed by atoms with Gasteiger partial charge in [0.2, 0.25) is 0 Å². The molecule has 0 spiro atoms. The highest BCUT2D eigenvalue weighted by atomic mass is 16.5. The van der Waals surface area contributed by atoms with Gasteiger partial charge in [-0.05, 0) is 26.8 Å². The van der Waals surface area contributed by atoms with Gasteiger partial charge in [0.05, 0.1) is 11.0 Å². The molecule has 0 amide bonds. The van der Waals surface area contributed by atoms with Crippen molar-refractivity contribution in [2.45, 2.75) is 20.8 Å². The highest BCUT2D eigenvalue weighted by Gasteiger charge is 2.30. The van der Waals surface area contributed by atoms with Crippen LogP contribution in [-0.2, 0) is 19.0 Å². The quantitative estimate of drug-likeness (QED) is 0.213. The summed E-state index contributed by atoms with van der Waals surface area (Å²) in [6.45, 7) is 8.49. The molecule has 168 valence electrons. The van der Waals surface area contributed by atoms with Crippen molar-refractivity contribution < 1.29 is 33.4 Å². The molecule has 2 aromatic carbocycles. The molecule has 0 aliphatic carbocycles. The predicted molar refractivity (Wildman–Crippen MR) is 118 cm³/mol. The Kier molecular flexibility index (Phi) is 8.46. The summed E-state index contributed by atoms with van der Waals surface area (Å²) >= 11 is 0. The fourth-order valence-electron chi connectivity index (χ4n) is 3.02. The maximum Gasteiger partial charge on any atom is 0.338 e. The van der Waals surface area contributed by atoms with Crippen LogP contribution in [0.5, 0.6) is 0 Å². The van der Waals surface area contributed by atoms with Gasteiger partial charge in [-0.2, -0.15) is 0 Å². The molecule has 32 heavy (non-hydrogen) atoms. The lowest BCUT2D eigenvalue weighted by Crippen LogP contribution is -2.35. The van der Waals surface area contributed by atoms with Crippen molar-refractivity contribution in [1.82, 2.24) is 0 Å². The first-order chi connectivity index (χ1) is 15.2. The summed E-state index contributed by atoms with van der Waals surface area (Å²) in [6.07, 6.45) is 0. The Morgan fingerprint density at radius 1 is 0.812 bits per heavy atom. The molecule has 0 fully saturated rings. The first kappa shape index (κ1) is 24.5. The Morgan fingerprint density at radius 2 is 1.28 bits per heavy atom. The smallest absolute Gasteiger partial charge is 0.338 e. The topological polar surface area (TPSA) is 96.0 Å². The van der Waals surface area contributed by atoms with Crippen molar-refractivity contribution in [3.63, 3.8) is 0 Å². The minimum absolute atomic E-state index is 0.00640. The molecule has 0 heterocycles. The normalized spacial score (nSPS) is 12.2. The van der Waals surface area contributed by atoms with Crippen LogP contribution in [0.4, 0.5) is 0 Å². The number of esters is 1. The second kappa shape index (κ2) is 11.0. The summed E-state index contributed by atoms with van der Waals surface area (Å²) < 4.78 is 16.1. The maximum absolute atomic E-state index is 12.6. The molecule has 0 aliphatic rings. The molecule has 1 atom stereocenters. The van der Waals surface area contributed by atoms with Gasteiger partial charge in [0.25, 0.3) is 6.47 Å². The van der Waals surface area contributed by atoms with Crippen molar-refractivity contribution in [2.75, 3.05) is 19.8 Å². The molecule has 0 saturated heterocycles. The van der Waals surface area contributed by atoms with Crippen molar-refractivity contribution in [3.05, 3.63) is 77.4 Å². The molecule has 1 unspecified atom stereocenters. The van der Waals surface area contributed by atoms with Crippen LogP contribution in [0.25, 0.3) is 5.76 Å². The van der Waals surface area contributed by atoms with Crippen molar-refractivity contribution in [1.29, 1.82) is 0 Å². The van der Waals surface area contributed by atoms with Crippen LogP contribution in [0.1, 0.15) is 57.4 Å². The number of benzene rings is 2. The fourth-order valence-corrected chi connectivity index (χ4v) is 3.02. The van der Waals surface area contributed by atoms with Crippen molar-refractivity contribution >= 4 is 29.8 Å². The summed E-state index contributed by atoms with van der Waals surface area (Å²) in [5, 5.41) is 0. The van der Waals surface area contributed by atoms with E-state index in [1.807, 2.05) is 0 Å². The van der Waals surface area contributed by atoms with Gasteiger partial charge in [-0.1, -0.05) is 49.0 Å². The molecule has 0 bridgehead atoms. The third-order valence-corrected chi connectivity index (χ3v) is 4.78. The summed E-state index contributed by atoms with van der Waals surface area (Å²) in [5.74, 6) is -0.793. The van der Waals surface area contributed by atoms with E-state index in [2.05, 4.69) is 6.58 Å². The predicted octanol–water partition coefficient (Wildman–Crippen LogP) is 4.12. The molecular formula is C25H26O7. The monoisotopic (exact) mass is 438 g/mol. The zero-order chi connectivity index (χ0) is 23.7. The third-order valence-electron chi connectivity index (χ3n) is 4.78. The number of carbonyl (C=O) groups excluding carboxylic acids is 4. The van der Waals surface area contributed by atoms with Gasteiger partial charge < -0.3 is 14.2 Å². The largest absolute Gasteiger partial charge is 0.493 e. The van der Waals surface area contributed by atoms with Gasteiger partial charge in [-0.15, -0.1) is 0 Å². The van der Waals surface area contributed by atoms with E-state index in [-0.39, 0.29) is 48.3 Å². The van der Waals surface area contributed by atoms with Crippen LogP contribution < -0.4 is 0 Å². The number of Topliss-reactive ketones (excluding diaryl/α,β-unsaturated/α-hetero) is 2. The Morgan fingerprint density at radius 3 is 1.81 bits per heavy atom. The Labute approximate surface area is 187 Å². The first-order valence-corrected chi connectivity index (χ1v) is 9.93. The Balaban J connectivity index is 2.12. The maximum atomic E-state index is 12.6. The molecular weight excluding hydrogens is 412 g/mol. The number of ketones is 2. The van der Waals surface area contributed by atoms with Gasteiger partial charge in [-0.3, -0.25) is 14.4 Å². The molecule has 2 aromatic rings. The summed E-state index contributed by atoms with van der Waals surface area (Å²) in [5.41, 5.74) is 0.519. The van der Waals surface area contributed by atoms with E-state index in [4.69, 9.17) is 14.2 Å². The third kappa shape index (κ3) is 6.38. The molecule has 0 radical (unpaired) electrons. The van der Waals surface area contributed by atoms with Crippen LogP contribution in [0, 0.1) is 5.41 Å². The summed E-state index contributed by atoms with van der Waals surface area (Å²) in [4.78, 5) is 47.0. The van der Waals surface area contributed by atoms with E-state index in [1.54, 1.807) is 49.4 Å². The zero-order valence-corrected chi connectivity index (χ0v) is 18.4. The lowest BCUT2D eigenvalue weighted by Gasteiger charge is -2.28. The van der Waals surface area contributed by atoms with Gasteiger partial charge in [0.15, 0.2) is 11.6 Å². The van der Waals surface area contributed by atoms with Crippen molar-refractivity contribution in [3.8, 4) is 0 Å². The molecule has 0 saturated carbocycles. The standard InChI is InChI=1S/C25H26O7/c1-17(27)20-9-5-7-11-22(20)19(3)31-14-25(4,13-30-16-26)15-32-24(29)23-12-8-6-10-21(23)18(2)28/h5-12,16H,3,13-15H2,1-2,4H3. The Hall–Kier alpha value is -3.74. The highest BCUT2D eigenvalue weighted by molar-refractivity contribution is 6.05. The van der Waals surface area contributed by atoms with Crippen LogP contribution in [0.3, 0.4) is 0 Å². The van der Waals surface area contributed by atoms with E-state index in [0.29, 0.717) is 17.6 Å². The lowest BCUT2D eigenvalue weighted by atomic mass is 9.94. The second-order valence-corrected chi connectivity index (χ2v) is 7.71. The average molecular weight is 438 g/mol. The average Bonchev–Trinajstić information content (AvgIpc) is 2.79. The molecule has 0 aliphatic heterocycles. The molecule has 0 aromatic heterocycles. The number of hydrogen-bond acceptors (Lipinski definition) is 7. The molecule has 0 N–H and O–H groups in total. The zero-order valence-electron chi connectivity index (χ0n) is 18.4. The van der Waals surface area contributed by atoms with Crippen LogP contribution in [0.2, 0.25) is 0 Å². The van der Waals surface area contributed by atoms with Crippen LogP contribution >= 0.6 is 0 Å². The second-order valence-electron chi connectivity index (χ2n) is 7.71. The fraction of sp³-hybridized carbons (Fsp3) is 0.280. The molecule has 7 heteroatoms. The minimum atomic E-state index is -0.907. The number of hydrogen-bond donors (Lipinski definition) is 0.